The monoisotopic (exact) mass is 351 g/mol. The molecule has 4 rings (SSSR count). The number of benzene rings is 2. The number of hydrogen-bond donors (Lipinski definition) is 0. The minimum absolute atomic E-state index is 0.606. The Kier molecular flexibility index (Phi) is 4.49. The molecule has 25 heavy (non-hydrogen) atoms. The maximum Gasteiger partial charge on any atom is 0.240 e. The standard InChI is InChI=1S/C18H17N5OS/c1-23(11-14-7-8-15-16(9-14)22-25-21-15)12-18-19-17(20-24-18)10-13-5-3-2-4-6-13/h2-9H,10-12H2,1H3. The fourth-order valence-electron chi connectivity index (χ4n) is 2.73. The quantitative estimate of drug-likeness (QED) is 0.531. The van der Waals surface area contributed by atoms with Gasteiger partial charge in [-0.2, -0.15) is 13.7 Å². The normalized spacial score (nSPS) is 11.4. The third-order valence-electron chi connectivity index (χ3n) is 3.89. The number of rotatable bonds is 6. The average molecular weight is 351 g/mol. The molecule has 0 amide bonds. The van der Waals surface area contributed by atoms with Crippen molar-refractivity contribution in [3.63, 3.8) is 0 Å². The summed E-state index contributed by atoms with van der Waals surface area (Å²) >= 11 is 1.24. The van der Waals surface area contributed by atoms with Gasteiger partial charge >= 0.3 is 0 Å². The number of hydrogen-bond acceptors (Lipinski definition) is 7. The van der Waals surface area contributed by atoms with Crippen molar-refractivity contribution in [3.05, 3.63) is 71.4 Å². The molecule has 0 bridgehead atoms. The highest BCUT2D eigenvalue weighted by molar-refractivity contribution is 7.00. The first kappa shape index (κ1) is 15.9. The molecule has 0 aliphatic carbocycles. The molecule has 6 nitrogen and oxygen atoms in total. The van der Waals surface area contributed by atoms with Crippen LogP contribution in [0, 0.1) is 0 Å². The second-order valence-electron chi connectivity index (χ2n) is 6.03. The van der Waals surface area contributed by atoms with Gasteiger partial charge in [-0.25, -0.2) is 0 Å². The molecule has 0 fully saturated rings. The molecular weight excluding hydrogens is 334 g/mol. The second-order valence-corrected chi connectivity index (χ2v) is 6.55. The summed E-state index contributed by atoms with van der Waals surface area (Å²) in [5.41, 5.74) is 4.25. The molecular formula is C18H17N5OS. The maximum absolute atomic E-state index is 5.38. The van der Waals surface area contributed by atoms with Crippen molar-refractivity contribution in [2.75, 3.05) is 7.05 Å². The van der Waals surface area contributed by atoms with Crippen LogP contribution in [-0.2, 0) is 19.5 Å². The summed E-state index contributed by atoms with van der Waals surface area (Å²) < 4.78 is 13.9. The van der Waals surface area contributed by atoms with Crippen molar-refractivity contribution in [2.24, 2.45) is 0 Å². The Morgan fingerprint density at radius 3 is 2.68 bits per heavy atom. The Bertz CT molecular complexity index is 966. The van der Waals surface area contributed by atoms with Crippen LogP contribution in [0.15, 0.2) is 53.1 Å². The van der Waals surface area contributed by atoms with Gasteiger partial charge in [-0.1, -0.05) is 41.6 Å². The predicted octanol–water partition coefficient (Wildman–Crippen LogP) is 3.30. The lowest BCUT2D eigenvalue weighted by atomic mass is 10.1. The van der Waals surface area contributed by atoms with Gasteiger partial charge in [0.2, 0.25) is 5.89 Å². The molecule has 0 saturated carbocycles. The van der Waals surface area contributed by atoms with Crippen LogP contribution in [-0.4, -0.2) is 30.8 Å². The third-order valence-corrected chi connectivity index (χ3v) is 4.45. The van der Waals surface area contributed by atoms with Crippen molar-refractivity contribution < 1.29 is 4.52 Å². The molecule has 0 radical (unpaired) electrons. The lowest BCUT2D eigenvalue weighted by Gasteiger charge is -2.13. The molecule has 0 unspecified atom stereocenters. The molecule has 0 aliphatic rings. The Morgan fingerprint density at radius 1 is 0.960 bits per heavy atom. The summed E-state index contributed by atoms with van der Waals surface area (Å²) in [6, 6.07) is 16.3. The summed E-state index contributed by atoms with van der Waals surface area (Å²) in [5, 5.41) is 4.08. The van der Waals surface area contributed by atoms with E-state index in [2.05, 4.69) is 48.1 Å². The molecule has 0 aliphatic heterocycles. The molecule has 7 heteroatoms. The first-order valence-corrected chi connectivity index (χ1v) is 8.74. The van der Waals surface area contributed by atoms with Crippen LogP contribution < -0.4 is 0 Å². The Balaban J connectivity index is 1.38. The van der Waals surface area contributed by atoms with E-state index in [0.717, 1.165) is 17.6 Å². The van der Waals surface area contributed by atoms with E-state index < -0.39 is 0 Å². The molecule has 0 N–H and O–H groups in total. The summed E-state index contributed by atoms with van der Waals surface area (Å²) in [6.07, 6.45) is 0.682. The maximum atomic E-state index is 5.38. The van der Waals surface area contributed by atoms with Gasteiger partial charge in [0.15, 0.2) is 5.82 Å². The van der Waals surface area contributed by atoms with Crippen LogP contribution >= 0.6 is 11.7 Å². The minimum atomic E-state index is 0.606. The molecule has 2 aromatic carbocycles. The molecule has 2 aromatic heterocycles. The van der Waals surface area contributed by atoms with Crippen LogP contribution in [0.4, 0.5) is 0 Å². The first-order chi connectivity index (χ1) is 12.3. The number of nitrogens with zero attached hydrogens (tertiary/aromatic N) is 5. The van der Waals surface area contributed by atoms with E-state index in [4.69, 9.17) is 4.52 Å². The smallest absolute Gasteiger partial charge is 0.240 e. The third kappa shape index (κ3) is 3.89. The van der Waals surface area contributed by atoms with Crippen LogP contribution in [0.3, 0.4) is 0 Å². The number of aromatic nitrogens is 4. The molecule has 0 spiro atoms. The van der Waals surface area contributed by atoms with Crippen LogP contribution in [0.2, 0.25) is 0 Å². The highest BCUT2D eigenvalue weighted by Crippen LogP contribution is 2.15. The molecule has 126 valence electrons. The van der Waals surface area contributed by atoms with Gasteiger partial charge in [0, 0.05) is 13.0 Å². The molecule has 2 heterocycles. The SMILES string of the molecule is CN(Cc1ccc2nsnc2c1)Cc1nc(Cc2ccccc2)no1. The van der Waals surface area contributed by atoms with E-state index in [9.17, 15) is 0 Å². The van der Waals surface area contributed by atoms with Gasteiger partial charge in [0.25, 0.3) is 0 Å². The lowest BCUT2D eigenvalue weighted by molar-refractivity contribution is 0.260. The van der Waals surface area contributed by atoms with E-state index in [1.165, 1.54) is 22.9 Å². The Labute approximate surface area is 149 Å². The largest absolute Gasteiger partial charge is 0.338 e. The molecule has 0 saturated heterocycles. The zero-order valence-corrected chi connectivity index (χ0v) is 14.6. The van der Waals surface area contributed by atoms with Crippen molar-refractivity contribution in [2.45, 2.75) is 19.5 Å². The highest BCUT2D eigenvalue weighted by atomic mass is 32.1. The fourth-order valence-corrected chi connectivity index (χ4v) is 3.25. The van der Waals surface area contributed by atoms with E-state index >= 15 is 0 Å². The average Bonchev–Trinajstić information content (AvgIpc) is 3.24. The van der Waals surface area contributed by atoms with Gasteiger partial charge in [-0.05, 0) is 30.3 Å². The second kappa shape index (κ2) is 7.08. The van der Waals surface area contributed by atoms with Gasteiger partial charge in [0.1, 0.15) is 11.0 Å². The molecule has 0 atom stereocenters. The molecule has 4 aromatic rings. The van der Waals surface area contributed by atoms with E-state index in [1.807, 2.05) is 31.3 Å². The van der Waals surface area contributed by atoms with Crippen molar-refractivity contribution in [1.82, 2.24) is 23.8 Å². The summed E-state index contributed by atoms with van der Waals surface area (Å²) in [7, 11) is 2.03. The van der Waals surface area contributed by atoms with Crippen LogP contribution in [0.25, 0.3) is 11.0 Å². The summed E-state index contributed by atoms with van der Waals surface area (Å²) in [6.45, 7) is 1.39. The predicted molar refractivity (Wildman–Crippen MR) is 96.1 cm³/mol. The minimum Gasteiger partial charge on any atom is -0.338 e. The first-order valence-electron chi connectivity index (χ1n) is 8.01. The fraction of sp³-hybridized carbons (Fsp3) is 0.222. The van der Waals surface area contributed by atoms with Crippen LogP contribution in [0.5, 0.6) is 0 Å². The summed E-state index contributed by atoms with van der Waals surface area (Å²) in [5.74, 6) is 1.34. The zero-order chi connectivity index (χ0) is 17.1. The highest BCUT2D eigenvalue weighted by Gasteiger charge is 2.11. The van der Waals surface area contributed by atoms with Crippen LogP contribution in [0.1, 0.15) is 22.8 Å². The van der Waals surface area contributed by atoms with Gasteiger partial charge in [-0.3, -0.25) is 4.90 Å². The topological polar surface area (TPSA) is 67.9 Å². The van der Waals surface area contributed by atoms with Gasteiger partial charge < -0.3 is 4.52 Å². The van der Waals surface area contributed by atoms with Gasteiger partial charge in [-0.15, -0.1) is 0 Å². The number of fused-ring (bicyclic) bond motifs is 1. The lowest BCUT2D eigenvalue weighted by Crippen LogP contribution is -2.17. The zero-order valence-electron chi connectivity index (χ0n) is 13.8. The Morgan fingerprint density at radius 2 is 1.80 bits per heavy atom. The van der Waals surface area contributed by atoms with Crippen molar-refractivity contribution in [1.29, 1.82) is 0 Å². The summed E-state index contributed by atoms with van der Waals surface area (Å²) in [4.78, 5) is 6.63. The Hall–Kier alpha value is -2.64. The van der Waals surface area contributed by atoms with E-state index in [0.29, 0.717) is 24.7 Å². The van der Waals surface area contributed by atoms with Crippen molar-refractivity contribution >= 4 is 22.8 Å². The van der Waals surface area contributed by atoms with E-state index in [1.54, 1.807) is 0 Å². The van der Waals surface area contributed by atoms with Crippen molar-refractivity contribution in [3.8, 4) is 0 Å². The van der Waals surface area contributed by atoms with Gasteiger partial charge in [0.05, 0.1) is 18.3 Å². The van der Waals surface area contributed by atoms with E-state index in [-0.39, 0.29) is 0 Å².